The molecule has 3 nitrogen and oxygen atoms in total. The van der Waals surface area contributed by atoms with Crippen LogP contribution in [0.1, 0.15) is 24.5 Å². The zero-order chi connectivity index (χ0) is 14.5. The number of esters is 1. The first-order valence-corrected chi connectivity index (χ1v) is 5.79. The van der Waals surface area contributed by atoms with Gasteiger partial charge in [0.2, 0.25) is 0 Å². The molecule has 0 saturated carbocycles. The standard InChI is InChI=1S/C13H16F3NO2/c1-9(6-12(18)19-2)17-8-10-4-3-5-11(7-10)13(14,15)16/h3-5,7,9,17H,6,8H2,1-2H3. The maximum atomic E-state index is 12.5. The predicted molar refractivity (Wildman–Crippen MR) is 64.4 cm³/mol. The predicted octanol–water partition coefficient (Wildman–Crippen LogP) is 2.75. The van der Waals surface area contributed by atoms with E-state index in [0.717, 1.165) is 12.1 Å². The molecule has 0 heterocycles. The Morgan fingerprint density at radius 2 is 2.11 bits per heavy atom. The Kier molecular flexibility index (Phi) is 5.35. The molecule has 1 aromatic rings. The number of halogens is 3. The van der Waals surface area contributed by atoms with Gasteiger partial charge in [0.1, 0.15) is 0 Å². The number of benzene rings is 1. The van der Waals surface area contributed by atoms with Crippen LogP contribution in [0.4, 0.5) is 13.2 Å². The Bertz CT molecular complexity index is 432. The van der Waals surface area contributed by atoms with Crippen LogP contribution in [-0.4, -0.2) is 19.1 Å². The van der Waals surface area contributed by atoms with E-state index < -0.39 is 11.7 Å². The number of methoxy groups -OCH3 is 1. The van der Waals surface area contributed by atoms with Crippen molar-refractivity contribution in [2.75, 3.05) is 7.11 Å². The third-order valence-electron chi connectivity index (χ3n) is 2.61. The summed E-state index contributed by atoms with van der Waals surface area (Å²) in [6, 6.07) is 4.93. The molecule has 0 aromatic heterocycles. The smallest absolute Gasteiger partial charge is 0.416 e. The van der Waals surface area contributed by atoms with Gasteiger partial charge in [0.05, 0.1) is 19.1 Å². The second-order valence-corrected chi connectivity index (χ2v) is 4.26. The lowest BCUT2D eigenvalue weighted by Crippen LogP contribution is -2.28. The number of alkyl halides is 3. The largest absolute Gasteiger partial charge is 0.469 e. The minimum Gasteiger partial charge on any atom is -0.469 e. The molecule has 0 bridgehead atoms. The average molecular weight is 275 g/mol. The Hall–Kier alpha value is -1.56. The molecule has 19 heavy (non-hydrogen) atoms. The van der Waals surface area contributed by atoms with Gasteiger partial charge < -0.3 is 10.1 Å². The van der Waals surface area contributed by atoms with E-state index in [1.807, 2.05) is 0 Å². The van der Waals surface area contributed by atoms with Gasteiger partial charge in [0.25, 0.3) is 0 Å². The minimum atomic E-state index is -4.34. The minimum absolute atomic E-state index is 0.165. The quantitative estimate of drug-likeness (QED) is 0.840. The molecule has 106 valence electrons. The third kappa shape index (κ3) is 5.30. The van der Waals surface area contributed by atoms with Gasteiger partial charge in [-0.3, -0.25) is 4.79 Å². The van der Waals surface area contributed by atoms with Gasteiger partial charge in [-0.1, -0.05) is 18.2 Å². The monoisotopic (exact) mass is 275 g/mol. The molecular weight excluding hydrogens is 259 g/mol. The summed E-state index contributed by atoms with van der Waals surface area (Å²) in [5.74, 6) is -0.357. The fourth-order valence-electron chi connectivity index (χ4n) is 1.56. The molecule has 0 amide bonds. The summed E-state index contributed by atoms with van der Waals surface area (Å²) in [4.78, 5) is 11.0. The zero-order valence-corrected chi connectivity index (χ0v) is 10.8. The van der Waals surface area contributed by atoms with Crippen LogP contribution < -0.4 is 5.32 Å². The van der Waals surface area contributed by atoms with E-state index in [-0.39, 0.29) is 25.0 Å². The van der Waals surface area contributed by atoms with Crippen molar-refractivity contribution in [1.29, 1.82) is 0 Å². The lowest BCUT2D eigenvalue weighted by atomic mass is 10.1. The molecule has 0 spiro atoms. The lowest BCUT2D eigenvalue weighted by Gasteiger charge is -2.13. The van der Waals surface area contributed by atoms with E-state index in [9.17, 15) is 18.0 Å². The average Bonchev–Trinajstić information content (AvgIpc) is 2.35. The van der Waals surface area contributed by atoms with Crippen molar-refractivity contribution in [2.45, 2.75) is 32.1 Å². The van der Waals surface area contributed by atoms with Gasteiger partial charge in [-0.2, -0.15) is 13.2 Å². The molecule has 0 saturated heterocycles. The number of rotatable bonds is 5. The lowest BCUT2D eigenvalue weighted by molar-refractivity contribution is -0.141. The van der Waals surface area contributed by atoms with Crippen molar-refractivity contribution < 1.29 is 22.7 Å². The summed E-state index contributed by atoms with van der Waals surface area (Å²) in [5, 5.41) is 2.97. The van der Waals surface area contributed by atoms with Gasteiger partial charge in [-0.15, -0.1) is 0 Å². The van der Waals surface area contributed by atoms with Crippen LogP contribution >= 0.6 is 0 Å². The highest BCUT2D eigenvalue weighted by molar-refractivity contribution is 5.69. The van der Waals surface area contributed by atoms with E-state index in [0.29, 0.717) is 5.56 Å². The Balaban J connectivity index is 2.56. The summed E-state index contributed by atoms with van der Waals surface area (Å²) in [7, 11) is 1.29. The van der Waals surface area contributed by atoms with Crippen LogP contribution in [0.3, 0.4) is 0 Å². The molecule has 1 atom stereocenters. The Labute approximate surface area is 109 Å². The van der Waals surface area contributed by atoms with Crippen molar-refractivity contribution >= 4 is 5.97 Å². The number of nitrogens with one attached hydrogen (secondary N) is 1. The molecule has 1 aromatic carbocycles. The van der Waals surface area contributed by atoms with E-state index in [1.54, 1.807) is 13.0 Å². The van der Waals surface area contributed by atoms with Gasteiger partial charge in [-0.05, 0) is 18.6 Å². The summed E-state index contributed by atoms with van der Waals surface area (Å²) in [6.07, 6.45) is -4.16. The van der Waals surface area contributed by atoms with Gasteiger partial charge >= 0.3 is 12.1 Å². The van der Waals surface area contributed by atoms with Crippen molar-refractivity contribution in [3.8, 4) is 0 Å². The van der Waals surface area contributed by atoms with E-state index >= 15 is 0 Å². The first-order chi connectivity index (χ1) is 8.82. The SMILES string of the molecule is COC(=O)CC(C)NCc1cccc(C(F)(F)F)c1. The van der Waals surface area contributed by atoms with Crippen LogP contribution in [0.2, 0.25) is 0 Å². The first-order valence-electron chi connectivity index (χ1n) is 5.79. The molecule has 0 aliphatic rings. The van der Waals surface area contributed by atoms with Gasteiger partial charge in [-0.25, -0.2) is 0 Å². The maximum Gasteiger partial charge on any atom is 0.416 e. The Morgan fingerprint density at radius 3 is 2.68 bits per heavy atom. The summed E-state index contributed by atoms with van der Waals surface area (Å²) < 4.78 is 42.0. The molecule has 6 heteroatoms. The summed E-state index contributed by atoms with van der Waals surface area (Å²) in [5.41, 5.74) is -0.154. The third-order valence-corrected chi connectivity index (χ3v) is 2.61. The van der Waals surface area contributed by atoms with Gasteiger partial charge in [0, 0.05) is 12.6 Å². The van der Waals surface area contributed by atoms with Crippen LogP contribution in [-0.2, 0) is 22.3 Å². The molecule has 0 aliphatic heterocycles. The van der Waals surface area contributed by atoms with Crippen molar-refractivity contribution in [1.82, 2.24) is 5.32 Å². The number of carbonyl (C=O) groups excluding carboxylic acids is 1. The molecule has 0 fully saturated rings. The summed E-state index contributed by atoms with van der Waals surface area (Å²) >= 11 is 0. The van der Waals surface area contributed by atoms with Crippen molar-refractivity contribution in [3.05, 3.63) is 35.4 Å². The second-order valence-electron chi connectivity index (χ2n) is 4.26. The van der Waals surface area contributed by atoms with E-state index in [1.165, 1.54) is 13.2 Å². The highest BCUT2D eigenvalue weighted by Crippen LogP contribution is 2.29. The molecule has 1 rings (SSSR count). The molecular formula is C13H16F3NO2. The van der Waals surface area contributed by atoms with E-state index in [4.69, 9.17) is 0 Å². The molecule has 0 aliphatic carbocycles. The van der Waals surface area contributed by atoms with Crippen molar-refractivity contribution in [3.63, 3.8) is 0 Å². The molecule has 1 N–H and O–H groups in total. The zero-order valence-electron chi connectivity index (χ0n) is 10.8. The summed E-state index contributed by atoms with van der Waals surface area (Å²) in [6.45, 7) is 2.03. The van der Waals surface area contributed by atoms with Crippen LogP contribution in [0.25, 0.3) is 0 Å². The van der Waals surface area contributed by atoms with Crippen LogP contribution in [0.15, 0.2) is 24.3 Å². The number of hydrogen-bond donors (Lipinski definition) is 1. The Morgan fingerprint density at radius 1 is 1.42 bits per heavy atom. The highest BCUT2D eigenvalue weighted by Gasteiger charge is 2.30. The van der Waals surface area contributed by atoms with Gasteiger partial charge in [0.15, 0.2) is 0 Å². The number of carbonyl (C=O) groups is 1. The number of ether oxygens (including phenoxy) is 1. The second kappa shape index (κ2) is 6.56. The number of hydrogen-bond acceptors (Lipinski definition) is 3. The molecule has 1 unspecified atom stereocenters. The highest BCUT2D eigenvalue weighted by atomic mass is 19.4. The maximum absolute atomic E-state index is 12.5. The van der Waals surface area contributed by atoms with E-state index in [2.05, 4.69) is 10.1 Å². The van der Waals surface area contributed by atoms with Crippen LogP contribution in [0, 0.1) is 0 Å². The fourth-order valence-corrected chi connectivity index (χ4v) is 1.56. The first kappa shape index (κ1) is 15.5. The van der Waals surface area contributed by atoms with Crippen LogP contribution in [0.5, 0.6) is 0 Å². The van der Waals surface area contributed by atoms with Crippen molar-refractivity contribution in [2.24, 2.45) is 0 Å². The fraction of sp³-hybridized carbons (Fsp3) is 0.462. The topological polar surface area (TPSA) is 38.3 Å². The normalized spacial score (nSPS) is 13.1. The molecule has 0 radical (unpaired) electrons.